The lowest BCUT2D eigenvalue weighted by molar-refractivity contribution is 0.413. The Morgan fingerprint density at radius 2 is 1.69 bits per heavy atom. The van der Waals surface area contributed by atoms with Gasteiger partial charge in [0.05, 0.1) is 23.2 Å². The summed E-state index contributed by atoms with van der Waals surface area (Å²) < 4.78 is 32.6. The lowest BCUT2D eigenvalue weighted by Gasteiger charge is -2.19. The van der Waals surface area contributed by atoms with Crippen LogP contribution >= 0.6 is 0 Å². The molecule has 5 aromatic rings. The summed E-state index contributed by atoms with van der Waals surface area (Å²) in [5.41, 5.74) is 4.72. The standard InChI is InChI=1S/C27H25N5O3S/c1-32(22-6-4-3-5-7-22)36(33,34)24-11-8-19(9-12-24)20-16-25-27(29-18-20)31-26(30-25)13-10-21-17-23(35-2)14-15-28-21/h3-9,11-12,14-18H,10,13H2,1-2H3,(H,29,30,31). The number of aryl methyl sites for hydroxylation is 2. The van der Waals surface area contributed by atoms with E-state index in [2.05, 4.69) is 19.9 Å². The Labute approximate surface area is 209 Å². The Morgan fingerprint density at radius 3 is 2.44 bits per heavy atom. The lowest BCUT2D eigenvalue weighted by atomic mass is 10.1. The molecular weight excluding hydrogens is 474 g/mol. The number of aromatic nitrogens is 4. The summed E-state index contributed by atoms with van der Waals surface area (Å²) in [5.74, 6) is 1.60. The van der Waals surface area contributed by atoms with Gasteiger partial charge in [0.2, 0.25) is 0 Å². The Balaban J connectivity index is 1.33. The van der Waals surface area contributed by atoms with Crippen LogP contribution in [0, 0.1) is 0 Å². The van der Waals surface area contributed by atoms with Gasteiger partial charge in [-0.05, 0) is 48.4 Å². The van der Waals surface area contributed by atoms with E-state index in [0.29, 0.717) is 17.8 Å². The number of pyridine rings is 2. The molecule has 0 saturated heterocycles. The minimum atomic E-state index is -3.67. The Bertz CT molecular complexity index is 1600. The number of methoxy groups -OCH3 is 1. The molecule has 0 fully saturated rings. The van der Waals surface area contributed by atoms with Gasteiger partial charge in [0.15, 0.2) is 5.65 Å². The summed E-state index contributed by atoms with van der Waals surface area (Å²) in [6, 6.07) is 21.5. The largest absolute Gasteiger partial charge is 0.497 e. The predicted octanol–water partition coefficient (Wildman–Crippen LogP) is 4.64. The molecule has 36 heavy (non-hydrogen) atoms. The molecule has 0 aliphatic carbocycles. The van der Waals surface area contributed by atoms with Crippen LogP contribution in [0.25, 0.3) is 22.3 Å². The van der Waals surface area contributed by atoms with Gasteiger partial charge in [0.25, 0.3) is 10.0 Å². The number of nitrogens with one attached hydrogen (secondary N) is 1. The van der Waals surface area contributed by atoms with E-state index in [1.807, 2.05) is 36.4 Å². The number of rotatable bonds is 8. The zero-order valence-corrected chi connectivity index (χ0v) is 20.7. The first-order valence-electron chi connectivity index (χ1n) is 11.4. The molecule has 0 aliphatic heterocycles. The maximum Gasteiger partial charge on any atom is 0.264 e. The van der Waals surface area contributed by atoms with Gasteiger partial charge in [-0.1, -0.05) is 30.3 Å². The molecule has 9 heteroatoms. The van der Waals surface area contributed by atoms with Crippen molar-refractivity contribution in [1.82, 2.24) is 19.9 Å². The van der Waals surface area contributed by atoms with Gasteiger partial charge in [-0.3, -0.25) is 9.29 Å². The number of aromatic amines is 1. The molecule has 5 rings (SSSR count). The van der Waals surface area contributed by atoms with Crippen molar-refractivity contribution in [2.45, 2.75) is 17.7 Å². The number of anilines is 1. The van der Waals surface area contributed by atoms with Crippen LogP contribution in [0.2, 0.25) is 0 Å². The van der Waals surface area contributed by atoms with E-state index >= 15 is 0 Å². The highest BCUT2D eigenvalue weighted by molar-refractivity contribution is 7.92. The molecule has 182 valence electrons. The molecule has 0 aliphatic rings. The van der Waals surface area contributed by atoms with Gasteiger partial charge in [0, 0.05) is 43.2 Å². The fraction of sp³-hybridized carbons (Fsp3) is 0.148. The smallest absolute Gasteiger partial charge is 0.264 e. The van der Waals surface area contributed by atoms with Gasteiger partial charge in [-0.2, -0.15) is 0 Å². The molecule has 2 aromatic carbocycles. The predicted molar refractivity (Wildman–Crippen MR) is 140 cm³/mol. The van der Waals surface area contributed by atoms with Crippen LogP contribution in [0.3, 0.4) is 0 Å². The molecule has 0 atom stereocenters. The van der Waals surface area contributed by atoms with E-state index < -0.39 is 10.0 Å². The third-order valence-electron chi connectivity index (χ3n) is 5.99. The average Bonchev–Trinajstić information content (AvgIpc) is 3.34. The van der Waals surface area contributed by atoms with Crippen LogP contribution in [0.4, 0.5) is 5.69 Å². The second-order valence-corrected chi connectivity index (χ2v) is 10.3. The molecule has 0 bridgehead atoms. The number of fused-ring (bicyclic) bond motifs is 1. The summed E-state index contributed by atoms with van der Waals surface area (Å²) in [5, 5.41) is 0. The molecule has 8 nitrogen and oxygen atoms in total. The highest BCUT2D eigenvalue weighted by atomic mass is 32.2. The Morgan fingerprint density at radius 1 is 0.917 bits per heavy atom. The minimum absolute atomic E-state index is 0.224. The lowest BCUT2D eigenvalue weighted by Crippen LogP contribution is -2.26. The van der Waals surface area contributed by atoms with Crippen molar-refractivity contribution in [3.63, 3.8) is 0 Å². The summed E-state index contributed by atoms with van der Waals surface area (Å²) >= 11 is 0. The molecule has 0 saturated carbocycles. The third kappa shape index (κ3) is 4.78. The van der Waals surface area contributed by atoms with Crippen LogP contribution in [0.1, 0.15) is 11.5 Å². The van der Waals surface area contributed by atoms with Crippen LogP contribution in [-0.4, -0.2) is 42.5 Å². The van der Waals surface area contributed by atoms with Gasteiger partial charge >= 0.3 is 0 Å². The number of imidazole rings is 1. The van der Waals surface area contributed by atoms with Gasteiger partial charge < -0.3 is 9.72 Å². The van der Waals surface area contributed by atoms with E-state index in [-0.39, 0.29) is 4.90 Å². The number of ether oxygens (including phenoxy) is 1. The van der Waals surface area contributed by atoms with Crippen molar-refractivity contribution in [3.8, 4) is 16.9 Å². The van der Waals surface area contributed by atoms with Crippen molar-refractivity contribution in [1.29, 1.82) is 0 Å². The van der Waals surface area contributed by atoms with E-state index in [1.165, 1.54) is 4.31 Å². The minimum Gasteiger partial charge on any atom is -0.497 e. The van der Waals surface area contributed by atoms with Crippen LogP contribution in [0.5, 0.6) is 5.75 Å². The van der Waals surface area contributed by atoms with Crippen molar-refractivity contribution >= 4 is 26.9 Å². The van der Waals surface area contributed by atoms with E-state index in [4.69, 9.17) is 4.74 Å². The topological polar surface area (TPSA) is 101 Å². The first-order chi connectivity index (χ1) is 17.4. The average molecular weight is 500 g/mol. The number of hydrogen-bond acceptors (Lipinski definition) is 6. The quantitative estimate of drug-likeness (QED) is 0.334. The van der Waals surface area contributed by atoms with Crippen molar-refractivity contribution < 1.29 is 13.2 Å². The van der Waals surface area contributed by atoms with Crippen molar-refractivity contribution in [2.75, 3.05) is 18.5 Å². The van der Waals surface area contributed by atoms with Crippen LogP contribution in [-0.2, 0) is 22.9 Å². The summed E-state index contributed by atoms with van der Waals surface area (Å²) in [6.45, 7) is 0. The van der Waals surface area contributed by atoms with Gasteiger partial charge in [-0.25, -0.2) is 18.4 Å². The second-order valence-electron chi connectivity index (χ2n) is 8.30. The first kappa shape index (κ1) is 23.5. The van der Waals surface area contributed by atoms with Gasteiger partial charge in [0.1, 0.15) is 11.6 Å². The molecule has 0 unspecified atom stereocenters. The first-order valence-corrected chi connectivity index (χ1v) is 12.9. The summed E-state index contributed by atoms with van der Waals surface area (Å²) in [4.78, 5) is 17.0. The zero-order valence-electron chi connectivity index (χ0n) is 19.9. The van der Waals surface area contributed by atoms with Crippen molar-refractivity contribution in [2.24, 2.45) is 0 Å². The molecule has 1 N–H and O–H groups in total. The van der Waals surface area contributed by atoms with Crippen LogP contribution < -0.4 is 9.04 Å². The summed E-state index contributed by atoms with van der Waals surface area (Å²) in [6.07, 6.45) is 4.89. The number of sulfonamides is 1. The van der Waals surface area contributed by atoms with Crippen molar-refractivity contribution in [3.05, 3.63) is 96.7 Å². The molecule has 0 radical (unpaired) electrons. The number of benzene rings is 2. The monoisotopic (exact) mass is 499 g/mol. The fourth-order valence-electron chi connectivity index (χ4n) is 3.95. The molecular formula is C27H25N5O3S. The highest BCUT2D eigenvalue weighted by Crippen LogP contribution is 2.26. The van der Waals surface area contributed by atoms with E-state index in [0.717, 1.165) is 40.3 Å². The fourth-order valence-corrected chi connectivity index (χ4v) is 5.14. The zero-order chi connectivity index (χ0) is 25.1. The number of H-pyrrole nitrogens is 1. The number of hydrogen-bond donors (Lipinski definition) is 1. The molecule has 0 amide bonds. The van der Waals surface area contributed by atoms with Crippen LogP contribution in [0.15, 0.2) is 90.1 Å². The number of nitrogens with zero attached hydrogens (tertiary/aromatic N) is 4. The second kappa shape index (κ2) is 9.79. The maximum absolute atomic E-state index is 13.0. The van der Waals surface area contributed by atoms with Gasteiger partial charge in [-0.15, -0.1) is 0 Å². The Hall–Kier alpha value is -4.24. The molecule has 3 heterocycles. The van der Waals surface area contributed by atoms with E-state index in [1.54, 1.807) is 62.9 Å². The van der Waals surface area contributed by atoms with E-state index in [9.17, 15) is 8.42 Å². The SMILES string of the molecule is COc1ccnc(CCc2nc3ncc(-c4ccc(S(=O)(=O)N(C)c5ccccc5)cc4)cc3[nH]2)c1. The molecule has 0 spiro atoms. The summed E-state index contributed by atoms with van der Waals surface area (Å²) in [7, 11) is -0.479. The highest BCUT2D eigenvalue weighted by Gasteiger charge is 2.21. The maximum atomic E-state index is 13.0. The Kier molecular flexibility index (Phi) is 6.39. The molecule has 3 aromatic heterocycles. The number of para-hydroxylation sites is 1. The normalized spacial score (nSPS) is 11.5. The third-order valence-corrected chi connectivity index (χ3v) is 7.79.